The zero-order chi connectivity index (χ0) is 12.2. The van der Waals surface area contributed by atoms with E-state index in [0.717, 1.165) is 43.9 Å². The van der Waals surface area contributed by atoms with Crippen LogP contribution in [0.5, 0.6) is 0 Å². The summed E-state index contributed by atoms with van der Waals surface area (Å²) < 4.78 is 10.9. The third-order valence-corrected chi connectivity index (χ3v) is 3.10. The minimum absolute atomic E-state index is 0.271. The first-order valence-corrected chi connectivity index (χ1v) is 6.27. The Morgan fingerprint density at radius 1 is 1.44 bits per heavy atom. The standard InChI is InChI=1S/C13H17N3O2/c1-2-12-13(18-9-16-12)5-10(1)6-15-8-11-7-14-3-4-17-11/h1-2,5,9,11,14-15H,3-4,6-8H2. The smallest absolute Gasteiger partial charge is 0.181 e. The van der Waals surface area contributed by atoms with E-state index in [0.29, 0.717) is 0 Å². The molecule has 0 spiro atoms. The first kappa shape index (κ1) is 11.6. The fourth-order valence-electron chi connectivity index (χ4n) is 2.14. The third-order valence-electron chi connectivity index (χ3n) is 3.10. The van der Waals surface area contributed by atoms with Crippen molar-refractivity contribution in [2.45, 2.75) is 12.6 Å². The van der Waals surface area contributed by atoms with Crippen LogP contribution in [-0.4, -0.2) is 37.3 Å². The lowest BCUT2D eigenvalue weighted by atomic mass is 10.2. The average Bonchev–Trinajstić information content (AvgIpc) is 2.87. The number of fused-ring (bicyclic) bond motifs is 1. The van der Waals surface area contributed by atoms with Crippen LogP contribution in [0.2, 0.25) is 0 Å². The molecule has 0 aliphatic carbocycles. The highest BCUT2D eigenvalue weighted by Crippen LogP contribution is 2.14. The van der Waals surface area contributed by atoms with E-state index in [1.165, 1.54) is 12.0 Å². The molecule has 3 rings (SSSR count). The summed E-state index contributed by atoms with van der Waals surface area (Å²) in [7, 11) is 0. The van der Waals surface area contributed by atoms with Gasteiger partial charge in [0.2, 0.25) is 0 Å². The third kappa shape index (κ3) is 2.69. The molecule has 1 aliphatic heterocycles. The Morgan fingerprint density at radius 3 is 3.33 bits per heavy atom. The molecule has 18 heavy (non-hydrogen) atoms. The molecule has 5 heteroatoms. The van der Waals surface area contributed by atoms with Crippen molar-refractivity contribution < 1.29 is 9.15 Å². The summed E-state index contributed by atoms with van der Waals surface area (Å²) in [6, 6.07) is 6.07. The molecular formula is C13H17N3O2. The molecule has 96 valence electrons. The van der Waals surface area contributed by atoms with Crippen LogP contribution < -0.4 is 10.6 Å². The van der Waals surface area contributed by atoms with E-state index in [-0.39, 0.29) is 6.10 Å². The lowest BCUT2D eigenvalue weighted by molar-refractivity contribution is 0.0291. The molecule has 1 aliphatic rings. The number of hydrogen-bond acceptors (Lipinski definition) is 5. The Morgan fingerprint density at radius 2 is 2.44 bits per heavy atom. The van der Waals surface area contributed by atoms with Gasteiger partial charge in [0.05, 0.1) is 12.7 Å². The minimum atomic E-state index is 0.271. The van der Waals surface area contributed by atoms with Gasteiger partial charge in [-0.2, -0.15) is 0 Å². The minimum Gasteiger partial charge on any atom is -0.443 e. The largest absolute Gasteiger partial charge is 0.443 e. The molecule has 1 fully saturated rings. The van der Waals surface area contributed by atoms with E-state index in [1.54, 1.807) is 0 Å². The fraction of sp³-hybridized carbons (Fsp3) is 0.462. The van der Waals surface area contributed by atoms with Crippen LogP contribution in [-0.2, 0) is 11.3 Å². The van der Waals surface area contributed by atoms with Gasteiger partial charge in [0, 0.05) is 26.2 Å². The lowest BCUT2D eigenvalue weighted by Gasteiger charge is -2.23. The molecule has 0 amide bonds. The van der Waals surface area contributed by atoms with Crippen molar-refractivity contribution in [1.82, 2.24) is 15.6 Å². The highest BCUT2D eigenvalue weighted by Gasteiger charge is 2.12. The summed E-state index contributed by atoms with van der Waals surface area (Å²) in [6.45, 7) is 4.36. The second-order valence-corrected chi connectivity index (χ2v) is 4.48. The molecule has 2 aromatic rings. The number of hydrogen-bond donors (Lipinski definition) is 2. The Labute approximate surface area is 106 Å². The second kappa shape index (κ2) is 5.48. The SMILES string of the molecule is c1nc2ccc(CNCC3CNCCO3)cc2o1. The van der Waals surface area contributed by atoms with Gasteiger partial charge in [0.15, 0.2) is 12.0 Å². The highest BCUT2D eigenvalue weighted by atomic mass is 16.5. The number of ether oxygens (including phenoxy) is 1. The quantitative estimate of drug-likeness (QED) is 0.841. The van der Waals surface area contributed by atoms with E-state index in [9.17, 15) is 0 Å². The van der Waals surface area contributed by atoms with E-state index < -0.39 is 0 Å². The Kier molecular flexibility index (Phi) is 3.54. The maximum absolute atomic E-state index is 5.62. The molecule has 5 nitrogen and oxygen atoms in total. The van der Waals surface area contributed by atoms with Crippen molar-refractivity contribution in [1.29, 1.82) is 0 Å². The van der Waals surface area contributed by atoms with Gasteiger partial charge in [-0.1, -0.05) is 6.07 Å². The summed E-state index contributed by atoms with van der Waals surface area (Å²) in [5.41, 5.74) is 2.94. The fourth-order valence-corrected chi connectivity index (χ4v) is 2.14. The van der Waals surface area contributed by atoms with Gasteiger partial charge in [0.25, 0.3) is 0 Å². The van der Waals surface area contributed by atoms with Gasteiger partial charge >= 0.3 is 0 Å². The van der Waals surface area contributed by atoms with Crippen LogP contribution in [0.1, 0.15) is 5.56 Å². The lowest BCUT2D eigenvalue weighted by Crippen LogP contribution is -2.43. The van der Waals surface area contributed by atoms with Gasteiger partial charge in [0.1, 0.15) is 5.52 Å². The predicted molar refractivity (Wildman–Crippen MR) is 68.3 cm³/mol. The number of nitrogens with zero attached hydrogens (tertiary/aromatic N) is 1. The van der Waals surface area contributed by atoms with Crippen molar-refractivity contribution in [3.63, 3.8) is 0 Å². The maximum atomic E-state index is 5.62. The van der Waals surface area contributed by atoms with Gasteiger partial charge in [-0.25, -0.2) is 4.98 Å². The van der Waals surface area contributed by atoms with E-state index >= 15 is 0 Å². The summed E-state index contributed by atoms with van der Waals surface area (Å²) >= 11 is 0. The summed E-state index contributed by atoms with van der Waals surface area (Å²) in [4.78, 5) is 4.10. The van der Waals surface area contributed by atoms with Crippen LogP contribution in [0.3, 0.4) is 0 Å². The van der Waals surface area contributed by atoms with Crippen molar-refractivity contribution in [2.75, 3.05) is 26.2 Å². The molecule has 1 saturated heterocycles. The highest BCUT2D eigenvalue weighted by molar-refractivity contribution is 5.72. The van der Waals surface area contributed by atoms with Crippen LogP contribution in [0.4, 0.5) is 0 Å². The van der Waals surface area contributed by atoms with Gasteiger partial charge in [-0.15, -0.1) is 0 Å². The van der Waals surface area contributed by atoms with E-state index in [4.69, 9.17) is 9.15 Å². The second-order valence-electron chi connectivity index (χ2n) is 4.48. The molecule has 1 atom stereocenters. The summed E-state index contributed by atoms with van der Waals surface area (Å²) in [6.07, 6.45) is 1.75. The molecule has 0 saturated carbocycles. The van der Waals surface area contributed by atoms with Gasteiger partial charge in [-0.05, 0) is 17.7 Å². The average molecular weight is 247 g/mol. The maximum Gasteiger partial charge on any atom is 0.181 e. The van der Waals surface area contributed by atoms with E-state index in [1.807, 2.05) is 12.1 Å². The molecule has 1 aromatic carbocycles. The first-order valence-electron chi connectivity index (χ1n) is 6.27. The summed E-state index contributed by atoms with van der Waals surface area (Å²) in [5, 5.41) is 6.72. The number of rotatable bonds is 4. The van der Waals surface area contributed by atoms with Crippen molar-refractivity contribution in [2.24, 2.45) is 0 Å². The molecule has 0 radical (unpaired) electrons. The molecule has 2 N–H and O–H groups in total. The molecule has 2 heterocycles. The molecule has 1 aromatic heterocycles. The number of aromatic nitrogens is 1. The van der Waals surface area contributed by atoms with Gasteiger partial charge < -0.3 is 19.8 Å². The van der Waals surface area contributed by atoms with Crippen molar-refractivity contribution >= 4 is 11.1 Å². The number of nitrogens with one attached hydrogen (secondary N) is 2. The van der Waals surface area contributed by atoms with Crippen molar-refractivity contribution in [3.05, 3.63) is 30.2 Å². The zero-order valence-corrected chi connectivity index (χ0v) is 10.2. The topological polar surface area (TPSA) is 59.3 Å². The summed E-state index contributed by atoms with van der Waals surface area (Å²) in [5.74, 6) is 0. The number of oxazole rings is 1. The Hall–Kier alpha value is -1.43. The van der Waals surface area contributed by atoms with Crippen LogP contribution >= 0.6 is 0 Å². The molecular weight excluding hydrogens is 230 g/mol. The van der Waals surface area contributed by atoms with Crippen molar-refractivity contribution in [3.8, 4) is 0 Å². The first-order chi connectivity index (χ1) is 8.92. The van der Waals surface area contributed by atoms with Gasteiger partial charge in [-0.3, -0.25) is 0 Å². The number of morpholine rings is 1. The number of benzene rings is 1. The van der Waals surface area contributed by atoms with Crippen LogP contribution in [0.25, 0.3) is 11.1 Å². The molecule has 0 bridgehead atoms. The normalized spacial score (nSPS) is 20.3. The monoisotopic (exact) mass is 247 g/mol. The zero-order valence-electron chi connectivity index (χ0n) is 10.2. The van der Waals surface area contributed by atoms with Crippen LogP contribution in [0, 0.1) is 0 Å². The predicted octanol–water partition coefficient (Wildman–Crippen LogP) is 0.906. The molecule has 1 unspecified atom stereocenters. The van der Waals surface area contributed by atoms with E-state index in [2.05, 4.69) is 21.7 Å². The Bertz CT molecular complexity index is 506. The Balaban J connectivity index is 1.52. The van der Waals surface area contributed by atoms with Crippen LogP contribution in [0.15, 0.2) is 29.0 Å².